The van der Waals surface area contributed by atoms with Gasteiger partial charge >= 0.3 is 0 Å². The fraction of sp³-hybridized carbons (Fsp3) is 0.0741. The van der Waals surface area contributed by atoms with E-state index in [9.17, 15) is 9.90 Å². The number of rotatable bonds is 7. The molecular weight excluding hydrogens is 414 g/mol. The van der Waals surface area contributed by atoms with E-state index >= 15 is 0 Å². The number of aromatic nitrogens is 2. The molecule has 6 nitrogen and oxygen atoms in total. The van der Waals surface area contributed by atoms with Gasteiger partial charge in [-0.2, -0.15) is 0 Å². The fourth-order valence-corrected chi connectivity index (χ4v) is 3.23. The quantitative estimate of drug-likeness (QED) is 0.415. The van der Waals surface area contributed by atoms with Gasteiger partial charge in [0.1, 0.15) is 17.2 Å². The van der Waals surface area contributed by atoms with Crippen LogP contribution < -0.4 is 10.1 Å². The molecule has 3 aromatic carbocycles. The highest BCUT2D eigenvalue weighted by Gasteiger charge is 2.11. The standard InChI is InChI=1S/C27H23N3O3/c1-33-23-14-10-21(11-15-23)25-18-28-27(24(29-25)16-9-19-5-3-2-4-6-19)30-26(32)17-20-7-12-22(31)13-8-20/h2-16,18,31H,17H2,1H3,(H,28,30,32)/b16-9+. The van der Waals surface area contributed by atoms with Crippen molar-refractivity contribution in [2.24, 2.45) is 0 Å². The highest BCUT2D eigenvalue weighted by molar-refractivity contribution is 5.93. The molecule has 1 amide bonds. The molecule has 164 valence electrons. The van der Waals surface area contributed by atoms with Crippen LogP contribution in [0.5, 0.6) is 11.5 Å². The zero-order valence-electron chi connectivity index (χ0n) is 18.1. The average Bonchev–Trinajstić information content (AvgIpc) is 2.85. The van der Waals surface area contributed by atoms with Gasteiger partial charge in [-0.05, 0) is 53.6 Å². The second-order valence-electron chi connectivity index (χ2n) is 7.35. The van der Waals surface area contributed by atoms with E-state index in [1.807, 2.05) is 66.7 Å². The zero-order valence-corrected chi connectivity index (χ0v) is 18.1. The van der Waals surface area contributed by atoms with Gasteiger partial charge in [-0.15, -0.1) is 0 Å². The van der Waals surface area contributed by atoms with Gasteiger partial charge in [0.2, 0.25) is 5.91 Å². The van der Waals surface area contributed by atoms with E-state index in [4.69, 9.17) is 9.72 Å². The van der Waals surface area contributed by atoms with Crippen LogP contribution in [-0.2, 0) is 11.2 Å². The number of carbonyl (C=O) groups excluding carboxylic acids is 1. The molecule has 0 atom stereocenters. The van der Waals surface area contributed by atoms with Gasteiger partial charge < -0.3 is 15.2 Å². The lowest BCUT2D eigenvalue weighted by Crippen LogP contribution is -2.16. The molecule has 0 fully saturated rings. The van der Waals surface area contributed by atoms with Crippen molar-refractivity contribution in [2.75, 3.05) is 12.4 Å². The van der Waals surface area contributed by atoms with Crippen molar-refractivity contribution in [2.45, 2.75) is 6.42 Å². The molecule has 0 unspecified atom stereocenters. The fourth-order valence-electron chi connectivity index (χ4n) is 3.23. The molecule has 1 heterocycles. The second kappa shape index (κ2) is 10.2. The summed E-state index contributed by atoms with van der Waals surface area (Å²) in [5, 5.41) is 12.3. The summed E-state index contributed by atoms with van der Waals surface area (Å²) >= 11 is 0. The van der Waals surface area contributed by atoms with Crippen molar-refractivity contribution >= 4 is 23.9 Å². The van der Waals surface area contributed by atoms with Crippen LogP contribution in [0.1, 0.15) is 16.8 Å². The summed E-state index contributed by atoms with van der Waals surface area (Å²) in [5.41, 5.74) is 3.91. The molecule has 0 saturated heterocycles. The molecule has 4 aromatic rings. The number of phenols is 1. The van der Waals surface area contributed by atoms with E-state index in [2.05, 4.69) is 10.3 Å². The number of nitrogens with one attached hydrogen (secondary N) is 1. The van der Waals surface area contributed by atoms with Gasteiger partial charge in [0.15, 0.2) is 5.82 Å². The maximum absolute atomic E-state index is 12.6. The monoisotopic (exact) mass is 437 g/mol. The molecule has 1 aromatic heterocycles. The first-order valence-electron chi connectivity index (χ1n) is 10.4. The third kappa shape index (κ3) is 5.83. The van der Waals surface area contributed by atoms with Crippen molar-refractivity contribution in [1.82, 2.24) is 9.97 Å². The van der Waals surface area contributed by atoms with Gasteiger partial charge in [0, 0.05) is 5.56 Å². The lowest BCUT2D eigenvalue weighted by atomic mass is 10.1. The highest BCUT2D eigenvalue weighted by atomic mass is 16.5. The minimum atomic E-state index is -0.221. The zero-order chi connectivity index (χ0) is 23.0. The number of aromatic hydroxyl groups is 1. The summed E-state index contributed by atoms with van der Waals surface area (Å²) in [6.07, 6.45) is 5.56. The van der Waals surface area contributed by atoms with E-state index in [0.717, 1.165) is 22.4 Å². The second-order valence-corrected chi connectivity index (χ2v) is 7.35. The van der Waals surface area contributed by atoms with Crippen molar-refractivity contribution in [3.63, 3.8) is 0 Å². The number of methoxy groups -OCH3 is 1. The van der Waals surface area contributed by atoms with Gasteiger partial charge in [0.25, 0.3) is 0 Å². The number of carbonyl (C=O) groups is 1. The third-order valence-electron chi connectivity index (χ3n) is 4.98. The minimum absolute atomic E-state index is 0.157. The Hall–Kier alpha value is -4.45. The topological polar surface area (TPSA) is 84.3 Å². The molecule has 0 aliphatic rings. The van der Waals surface area contributed by atoms with Crippen molar-refractivity contribution in [1.29, 1.82) is 0 Å². The molecule has 0 radical (unpaired) electrons. The van der Waals surface area contributed by atoms with Crippen LogP contribution in [-0.4, -0.2) is 28.1 Å². The maximum Gasteiger partial charge on any atom is 0.230 e. The molecule has 33 heavy (non-hydrogen) atoms. The Bertz CT molecular complexity index is 1250. The SMILES string of the molecule is COc1ccc(-c2cnc(NC(=O)Cc3ccc(O)cc3)c(/C=C/c3ccccc3)n2)cc1. The first-order valence-corrected chi connectivity index (χ1v) is 10.4. The van der Waals surface area contributed by atoms with Gasteiger partial charge in [-0.25, -0.2) is 9.97 Å². The smallest absolute Gasteiger partial charge is 0.230 e. The molecule has 4 rings (SSSR count). The minimum Gasteiger partial charge on any atom is -0.508 e. The highest BCUT2D eigenvalue weighted by Crippen LogP contribution is 2.24. The van der Waals surface area contributed by atoms with Crippen LogP contribution in [0.4, 0.5) is 5.82 Å². The third-order valence-corrected chi connectivity index (χ3v) is 4.98. The Balaban J connectivity index is 1.61. The number of amides is 1. The molecule has 0 bridgehead atoms. The van der Waals surface area contributed by atoms with Crippen LogP contribution in [0, 0.1) is 0 Å². The Morgan fingerprint density at radius 3 is 2.39 bits per heavy atom. The molecule has 2 N–H and O–H groups in total. The summed E-state index contributed by atoms with van der Waals surface area (Å²) in [7, 11) is 1.62. The summed E-state index contributed by atoms with van der Waals surface area (Å²) in [6.45, 7) is 0. The van der Waals surface area contributed by atoms with Gasteiger partial charge in [-0.1, -0.05) is 48.5 Å². The normalized spacial score (nSPS) is 10.8. The lowest BCUT2D eigenvalue weighted by Gasteiger charge is -2.10. The predicted octanol–water partition coefficient (Wildman–Crippen LogP) is 5.21. The molecule has 0 aliphatic heterocycles. The van der Waals surface area contributed by atoms with Gasteiger partial charge in [-0.3, -0.25) is 4.79 Å². The van der Waals surface area contributed by atoms with E-state index in [1.54, 1.807) is 37.6 Å². The van der Waals surface area contributed by atoms with Crippen molar-refractivity contribution in [3.05, 3.63) is 102 Å². The first kappa shape index (κ1) is 21.8. The van der Waals surface area contributed by atoms with Crippen molar-refractivity contribution in [3.8, 4) is 22.8 Å². The summed E-state index contributed by atoms with van der Waals surface area (Å²) < 4.78 is 5.23. The molecule has 0 spiro atoms. The molecule has 6 heteroatoms. The maximum atomic E-state index is 12.6. The molecule has 0 aliphatic carbocycles. The summed E-state index contributed by atoms with van der Waals surface area (Å²) in [5.74, 6) is 1.08. The predicted molar refractivity (Wildman–Crippen MR) is 130 cm³/mol. The first-order chi connectivity index (χ1) is 16.1. The summed E-state index contributed by atoms with van der Waals surface area (Å²) in [6, 6.07) is 23.9. The lowest BCUT2D eigenvalue weighted by molar-refractivity contribution is -0.115. The van der Waals surface area contributed by atoms with Gasteiger partial charge in [0.05, 0.1) is 25.4 Å². The summed E-state index contributed by atoms with van der Waals surface area (Å²) in [4.78, 5) is 21.9. The van der Waals surface area contributed by atoms with E-state index in [-0.39, 0.29) is 18.1 Å². The van der Waals surface area contributed by atoms with Crippen LogP contribution in [0.2, 0.25) is 0 Å². The van der Waals surface area contributed by atoms with Crippen molar-refractivity contribution < 1.29 is 14.6 Å². The van der Waals surface area contributed by atoms with E-state index < -0.39 is 0 Å². The molecule has 0 saturated carbocycles. The number of ether oxygens (including phenoxy) is 1. The number of benzene rings is 3. The number of phenolic OH excluding ortho intramolecular Hbond substituents is 1. The number of hydrogen-bond donors (Lipinski definition) is 2. The Morgan fingerprint density at radius 1 is 0.970 bits per heavy atom. The van der Waals surface area contributed by atoms with E-state index in [0.29, 0.717) is 17.2 Å². The van der Waals surface area contributed by atoms with Crippen LogP contribution in [0.15, 0.2) is 85.1 Å². The number of anilines is 1. The largest absolute Gasteiger partial charge is 0.508 e. The molecular formula is C27H23N3O3. The Labute approximate surface area is 192 Å². The van der Waals surface area contributed by atoms with Crippen LogP contribution in [0.3, 0.4) is 0 Å². The Morgan fingerprint density at radius 2 is 1.70 bits per heavy atom. The number of hydrogen-bond acceptors (Lipinski definition) is 5. The van der Waals surface area contributed by atoms with Crippen LogP contribution >= 0.6 is 0 Å². The Kier molecular flexibility index (Phi) is 6.75. The average molecular weight is 437 g/mol. The number of nitrogens with zero attached hydrogens (tertiary/aromatic N) is 2. The van der Waals surface area contributed by atoms with E-state index in [1.165, 1.54) is 0 Å². The van der Waals surface area contributed by atoms with Crippen LogP contribution in [0.25, 0.3) is 23.4 Å².